The molecule has 0 aliphatic heterocycles. The summed E-state index contributed by atoms with van der Waals surface area (Å²) >= 11 is 0.670. The summed E-state index contributed by atoms with van der Waals surface area (Å²) in [4.78, 5) is 33.3. The number of hydrogen-bond donors (Lipinski definition) is 2. The van der Waals surface area contributed by atoms with Crippen LogP contribution in [-0.2, 0) is 6.54 Å². The number of hydrogen-bond acceptors (Lipinski definition) is 4. The van der Waals surface area contributed by atoms with Gasteiger partial charge >= 0.3 is 16.8 Å². The summed E-state index contributed by atoms with van der Waals surface area (Å²) < 4.78 is 1.33. The zero-order chi connectivity index (χ0) is 14.9. The molecule has 0 radical (unpaired) electrons. The van der Waals surface area contributed by atoms with E-state index in [1.54, 1.807) is 19.1 Å². The van der Waals surface area contributed by atoms with Gasteiger partial charge in [-0.2, -0.15) is 0 Å². The normalized spacial score (nSPS) is 10.4. The molecule has 2 aromatic rings. The third-order valence-corrected chi connectivity index (χ3v) is 3.92. The first-order valence-corrected chi connectivity index (χ1v) is 6.47. The number of aromatic carboxylic acids is 2. The first kappa shape index (κ1) is 14.0. The molecule has 104 valence electrons. The van der Waals surface area contributed by atoms with Gasteiger partial charge in [0.25, 0.3) is 0 Å². The molecule has 0 fully saturated rings. The van der Waals surface area contributed by atoms with E-state index in [2.05, 4.69) is 0 Å². The Morgan fingerprint density at radius 1 is 1.25 bits per heavy atom. The van der Waals surface area contributed by atoms with Gasteiger partial charge in [0.2, 0.25) is 0 Å². The van der Waals surface area contributed by atoms with Gasteiger partial charge in [-0.05, 0) is 24.6 Å². The van der Waals surface area contributed by atoms with Crippen molar-refractivity contribution in [3.63, 3.8) is 0 Å². The van der Waals surface area contributed by atoms with E-state index in [1.165, 1.54) is 16.7 Å². The van der Waals surface area contributed by atoms with Gasteiger partial charge in [-0.25, -0.2) is 9.59 Å². The van der Waals surface area contributed by atoms with Crippen LogP contribution in [0.4, 0.5) is 0 Å². The molecular formula is C13H11NO5S. The van der Waals surface area contributed by atoms with Crippen LogP contribution in [0.3, 0.4) is 0 Å². The van der Waals surface area contributed by atoms with Crippen molar-refractivity contribution in [2.75, 3.05) is 0 Å². The van der Waals surface area contributed by atoms with Crippen molar-refractivity contribution in [3.8, 4) is 0 Å². The summed E-state index contributed by atoms with van der Waals surface area (Å²) in [6, 6.07) is 6.20. The largest absolute Gasteiger partial charge is 0.478 e. The van der Waals surface area contributed by atoms with Crippen LogP contribution >= 0.6 is 11.3 Å². The van der Waals surface area contributed by atoms with Crippen molar-refractivity contribution < 1.29 is 19.8 Å². The van der Waals surface area contributed by atoms with Crippen LogP contribution in [0.1, 0.15) is 31.3 Å². The quantitative estimate of drug-likeness (QED) is 0.893. The molecule has 7 heteroatoms. The van der Waals surface area contributed by atoms with E-state index in [0.717, 1.165) is 0 Å². The smallest absolute Gasteiger partial charge is 0.347 e. The van der Waals surface area contributed by atoms with Gasteiger partial charge in [0.15, 0.2) is 0 Å². The number of aromatic nitrogens is 1. The Morgan fingerprint density at radius 3 is 2.50 bits per heavy atom. The van der Waals surface area contributed by atoms with Gasteiger partial charge in [-0.1, -0.05) is 23.5 Å². The monoisotopic (exact) mass is 293 g/mol. The zero-order valence-corrected chi connectivity index (χ0v) is 11.3. The molecule has 2 rings (SSSR count). The average molecular weight is 293 g/mol. The van der Waals surface area contributed by atoms with Gasteiger partial charge < -0.3 is 10.2 Å². The molecule has 0 unspecified atom stereocenters. The summed E-state index contributed by atoms with van der Waals surface area (Å²) in [6.45, 7) is 1.71. The van der Waals surface area contributed by atoms with E-state index < -0.39 is 11.9 Å². The van der Waals surface area contributed by atoms with Crippen LogP contribution < -0.4 is 4.87 Å². The number of carboxylic acids is 2. The second-order valence-corrected chi connectivity index (χ2v) is 5.14. The molecule has 0 saturated heterocycles. The molecule has 0 aliphatic carbocycles. The third-order valence-electron chi connectivity index (χ3n) is 2.85. The second kappa shape index (κ2) is 5.30. The minimum absolute atomic E-state index is 0.00406. The van der Waals surface area contributed by atoms with E-state index >= 15 is 0 Å². The number of carbonyl (C=O) groups is 2. The number of rotatable bonds is 4. The van der Waals surface area contributed by atoms with Crippen LogP contribution in [0.15, 0.2) is 29.1 Å². The number of nitrogens with zero attached hydrogens (tertiary/aromatic N) is 1. The van der Waals surface area contributed by atoms with Gasteiger partial charge in [0.05, 0.1) is 12.1 Å². The summed E-state index contributed by atoms with van der Waals surface area (Å²) in [6.07, 6.45) is 0. The van der Waals surface area contributed by atoms with Crippen molar-refractivity contribution in [1.82, 2.24) is 4.57 Å². The maximum Gasteiger partial charge on any atom is 0.347 e. The molecular weight excluding hydrogens is 282 g/mol. The lowest BCUT2D eigenvalue weighted by Gasteiger charge is -2.06. The fraction of sp³-hybridized carbons (Fsp3) is 0.154. The molecule has 0 bridgehead atoms. The zero-order valence-electron chi connectivity index (χ0n) is 10.5. The molecule has 0 atom stereocenters. The minimum Gasteiger partial charge on any atom is -0.478 e. The highest BCUT2D eigenvalue weighted by atomic mass is 32.1. The van der Waals surface area contributed by atoms with Gasteiger partial charge in [-0.15, -0.1) is 0 Å². The Balaban J connectivity index is 2.40. The SMILES string of the molecule is Cc1c(C(=O)O)sc(=O)n1Cc1cccc(C(=O)O)c1. The van der Waals surface area contributed by atoms with Crippen molar-refractivity contribution in [3.05, 3.63) is 55.6 Å². The Bertz CT molecular complexity index is 743. The highest BCUT2D eigenvalue weighted by Gasteiger charge is 2.17. The van der Waals surface area contributed by atoms with Gasteiger partial charge in [0, 0.05) is 5.69 Å². The Labute approximate surface area is 117 Å². The number of thiazole rings is 1. The maximum atomic E-state index is 11.8. The molecule has 0 spiro atoms. The lowest BCUT2D eigenvalue weighted by Crippen LogP contribution is -2.16. The van der Waals surface area contributed by atoms with Crippen molar-refractivity contribution in [2.24, 2.45) is 0 Å². The summed E-state index contributed by atoms with van der Waals surface area (Å²) in [5, 5.41) is 17.9. The first-order chi connectivity index (χ1) is 9.40. The molecule has 1 heterocycles. The summed E-state index contributed by atoms with van der Waals surface area (Å²) in [7, 11) is 0. The van der Waals surface area contributed by atoms with Crippen LogP contribution in [-0.4, -0.2) is 26.7 Å². The molecule has 0 saturated carbocycles. The van der Waals surface area contributed by atoms with Crippen LogP contribution in [0.25, 0.3) is 0 Å². The van der Waals surface area contributed by atoms with Crippen LogP contribution in [0.5, 0.6) is 0 Å². The van der Waals surface area contributed by atoms with Crippen LogP contribution in [0.2, 0.25) is 0 Å². The van der Waals surface area contributed by atoms with E-state index in [1.807, 2.05) is 0 Å². The summed E-state index contributed by atoms with van der Waals surface area (Å²) in [5.74, 6) is -2.19. The van der Waals surface area contributed by atoms with Gasteiger partial charge in [0.1, 0.15) is 4.88 Å². The molecule has 1 aromatic carbocycles. The van der Waals surface area contributed by atoms with Crippen molar-refractivity contribution in [2.45, 2.75) is 13.5 Å². The van der Waals surface area contributed by atoms with Crippen LogP contribution in [0, 0.1) is 6.92 Å². The lowest BCUT2D eigenvalue weighted by molar-refractivity contribution is 0.0688. The van der Waals surface area contributed by atoms with E-state index in [4.69, 9.17) is 10.2 Å². The molecule has 1 aromatic heterocycles. The number of carboxylic acid groups (broad SMARTS) is 2. The Kier molecular flexibility index (Phi) is 3.71. The minimum atomic E-state index is -1.14. The standard InChI is InChI=1S/C13H11NO5S/c1-7-10(12(17)18)20-13(19)14(7)6-8-3-2-4-9(5-8)11(15)16/h2-5H,6H2,1H3,(H,15,16)(H,17,18). The Morgan fingerprint density at radius 2 is 1.95 bits per heavy atom. The molecule has 20 heavy (non-hydrogen) atoms. The van der Waals surface area contributed by atoms with E-state index in [9.17, 15) is 14.4 Å². The fourth-order valence-electron chi connectivity index (χ4n) is 1.84. The first-order valence-electron chi connectivity index (χ1n) is 5.66. The topological polar surface area (TPSA) is 96.6 Å². The maximum absolute atomic E-state index is 11.8. The number of benzene rings is 1. The predicted octanol–water partition coefficient (Wildman–Crippen LogP) is 1.66. The highest BCUT2D eigenvalue weighted by molar-refractivity contribution is 7.11. The van der Waals surface area contributed by atoms with Crippen molar-refractivity contribution >= 4 is 23.3 Å². The van der Waals surface area contributed by atoms with Gasteiger partial charge in [-0.3, -0.25) is 9.36 Å². The molecule has 2 N–H and O–H groups in total. The Hall–Kier alpha value is -2.41. The molecule has 0 amide bonds. The van der Waals surface area contributed by atoms with Crippen molar-refractivity contribution in [1.29, 1.82) is 0 Å². The summed E-state index contributed by atoms with van der Waals surface area (Å²) in [5.41, 5.74) is 1.12. The fourth-order valence-corrected chi connectivity index (χ4v) is 2.67. The molecule has 6 nitrogen and oxygen atoms in total. The molecule has 0 aliphatic rings. The lowest BCUT2D eigenvalue weighted by atomic mass is 10.1. The third kappa shape index (κ3) is 2.62. The predicted molar refractivity (Wildman–Crippen MR) is 72.8 cm³/mol. The van der Waals surface area contributed by atoms with E-state index in [-0.39, 0.29) is 21.9 Å². The highest BCUT2D eigenvalue weighted by Crippen LogP contribution is 2.14. The second-order valence-electron chi connectivity index (χ2n) is 4.18. The average Bonchev–Trinajstić information content (AvgIpc) is 2.67. The van der Waals surface area contributed by atoms with E-state index in [0.29, 0.717) is 22.6 Å².